The molecule has 1 amide bonds. The summed E-state index contributed by atoms with van der Waals surface area (Å²) in [6.07, 6.45) is 1.35. The standard InChI is InChI=1S/C21H16BrN5O5S3/c1-25(2)35(31,32)16-7-3-13(4-8-16)20(28)26(23-12-15-6-10-19(33-15)27(29)30)21-24-17-9-5-14(22)11-18(17)34-21/h3-12H,1-2H3/b23-12+. The Morgan fingerprint density at radius 3 is 2.46 bits per heavy atom. The molecule has 4 rings (SSSR count). The van der Waals surface area contributed by atoms with E-state index in [9.17, 15) is 23.3 Å². The molecular formula is C21H16BrN5O5S3. The summed E-state index contributed by atoms with van der Waals surface area (Å²) in [5.41, 5.74) is 0.859. The van der Waals surface area contributed by atoms with Gasteiger partial charge in [-0.2, -0.15) is 10.1 Å². The number of carbonyl (C=O) groups is 1. The number of fused-ring (bicyclic) bond motifs is 1. The third-order valence-electron chi connectivity index (χ3n) is 4.69. The number of thiophene rings is 1. The predicted molar refractivity (Wildman–Crippen MR) is 140 cm³/mol. The fourth-order valence-corrected chi connectivity index (χ4v) is 5.96. The fourth-order valence-electron chi connectivity index (χ4n) is 2.89. The quantitative estimate of drug-likeness (QED) is 0.169. The second-order valence-electron chi connectivity index (χ2n) is 7.21. The van der Waals surface area contributed by atoms with Gasteiger partial charge in [-0.3, -0.25) is 14.9 Å². The minimum Gasteiger partial charge on any atom is -0.267 e. The van der Waals surface area contributed by atoms with E-state index in [0.29, 0.717) is 10.4 Å². The number of anilines is 1. The van der Waals surface area contributed by atoms with Gasteiger partial charge in [0.15, 0.2) is 0 Å². The Morgan fingerprint density at radius 2 is 1.83 bits per heavy atom. The second kappa shape index (κ2) is 9.91. The number of benzene rings is 2. The summed E-state index contributed by atoms with van der Waals surface area (Å²) in [7, 11) is -0.810. The number of hydrogen-bond donors (Lipinski definition) is 0. The summed E-state index contributed by atoms with van der Waals surface area (Å²) in [6.45, 7) is 0. The van der Waals surface area contributed by atoms with Crippen molar-refractivity contribution in [1.29, 1.82) is 0 Å². The van der Waals surface area contributed by atoms with Gasteiger partial charge in [0.25, 0.3) is 5.91 Å². The molecule has 0 aliphatic heterocycles. The van der Waals surface area contributed by atoms with Crippen molar-refractivity contribution in [2.75, 3.05) is 19.1 Å². The second-order valence-corrected chi connectivity index (χ2v) is 12.4. The number of thiazole rings is 1. The topological polar surface area (TPSA) is 126 Å². The molecule has 2 aromatic carbocycles. The van der Waals surface area contributed by atoms with Crippen LogP contribution in [0.25, 0.3) is 10.2 Å². The number of hydrazone groups is 1. The smallest absolute Gasteiger partial charge is 0.267 e. The normalized spacial score (nSPS) is 12.0. The molecule has 0 saturated heterocycles. The molecule has 0 bridgehead atoms. The third kappa shape index (κ3) is 5.31. The number of sulfonamides is 1. The van der Waals surface area contributed by atoms with Crippen molar-refractivity contribution < 1.29 is 18.1 Å². The molecule has 0 unspecified atom stereocenters. The number of hydrogen-bond acceptors (Lipinski definition) is 9. The van der Waals surface area contributed by atoms with Gasteiger partial charge in [-0.25, -0.2) is 17.7 Å². The van der Waals surface area contributed by atoms with Crippen molar-refractivity contribution in [3.63, 3.8) is 0 Å². The number of halogens is 1. The van der Waals surface area contributed by atoms with Gasteiger partial charge in [0.2, 0.25) is 15.2 Å². The van der Waals surface area contributed by atoms with Gasteiger partial charge in [0.1, 0.15) is 0 Å². The van der Waals surface area contributed by atoms with E-state index in [1.807, 2.05) is 12.1 Å². The van der Waals surface area contributed by atoms with Crippen LogP contribution in [0.3, 0.4) is 0 Å². The van der Waals surface area contributed by atoms with Gasteiger partial charge in [-0.05, 0) is 48.5 Å². The lowest BCUT2D eigenvalue weighted by Crippen LogP contribution is -2.26. The van der Waals surface area contributed by atoms with E-state index in [2.05, 4.69) is 26.0 Å². The summed E-state index contributed by atoms with van der Waals surface area (Å²) in [5, 5.41) is 16.6. The number of rotatable bonds is 7. The lowest BCUT2D eigenvalue weighted by Gasteiger charge is -2.15. The first kappa shape index (κ1) is 25.1. The van der Waals surface area contributed by atoms with Gasteiger partial charge in [-0.1, -0.05) is 38.6 Å². The van der Waals surface area contributed by atoms with E-state index in [0.717, 1.165) is 29.8 Å². The Hall–Kier alpha value is -3.04. The third-order valence-corrected chi connectivity index (χ3v) is 8.97. The Bertz CT molecular complexity index is 1560. The highest BCUT2D eigenvalue weighted by Gasteiger charge is 2.23. The predicted octanol–water partition coefficient (Wildman–Crippen LogP) is 4.96. The molecule has 0 aliphatic rings. The maximum absolute atomic E-state index is 13.4. The van der Waals surface area contributed by atoms with Crippen LogP contribution in [0.1, 0.15) is 15.2 Å². The number of amides is 1. The zero-order chi connectivity index (χ0) is 25.3. The zero-order valence-corrected chi connectivity index (χ0v) is 22.2. The molecule has 0 N–H and O–H groups in total. The number of nitro groups is 1. The minimum atomic E-state index is -3.65. The lowest BCUT2D eigenvalue weighted by atomic mass is 10.2. The highest BCUT2D eigenvalue weighted by atomic mass is 79.9. The van der Waals surface area contributed by atoms with Crippen LogP contribution in [0, 0.1) is 10.1 Å². The highest BCUT2D eigenvalue weighted by Crippen LogP contribution is 2.32. The number of nitrogens with zero attached hydrogens (tertiary/aromatic N) is 5. The van der Waals surface area contributed by atoms with E-state index >= 15 is 0 Å². The summed E-state index contributed by atoms with van der Waals surface area (Å²) in [4.78, 5) is 28.9. The molecular weight excluding hydrogens is 578 g/mol. The molecule has 0 fully saturated rings. The molecule has 0 radical (unpaired) electrons. The van der Waals surface area contributed by atoms with E-state index in [1.54, 1.807) is 6.07 Å². The monoisotopic (exact) mass is 593 g/mol. The first-order valence-electron chi connectivity index (χ1n) is 9.77. The van der Waals surface area contributed by atoms with Gasteiger partial charge in [-0.15, -0.1) is 0 Å². The molecule has 4 aromatic rings. The first-order chi connectivity index (χ1) is 16.6. The molecule has 0 spiro atoms. The average molecular weight is 594 g/mol. The van der Waals surface area contributed by atoms with Gasteiger partial charge in [0.05, 0.1) is 31.1 Å². The molecule has 14 heteroatoms. The van der Waals surface area contributed by atoms with Crippen molar-refractivity contribution in [2.45, 2.75) is 4.90 Å². The maximum Gasteiger partial charge on any atom is 0.324 e. The number of carbonyl (C=O) groups excluding carboxylic acids is 1. The van der Waals surface area contributed by atoms with Crippen molar-refractivity contribution in [3.05, 3.63) is 79.6 Å². The molecule has 0 atom stereocenters. The van der Waals surface area contributed by atoms with Crippen molar-refractivity contribution in [3.8, 4) is 0 Å². The Balaban J connectivity index is 1.73. The SMILES string of the molecule is CN(C)S(=O)(=O)c1ccc(C(=O)N(/N=C/c2ccc([N+](=O)[O-])s2)c2nc3ccc(Br)cc3s2)cc1. The zero-order valence-electron chi connectivity index (χ0n) is 18.2. The van der Waals surface area contributed by atoms with Crippen LogP contribution >= 0.6 is 38.6 Å². The summed E-state index contributed by atoms with van der Waals surface area (Å²) >= 11 is 5.58. The van der Waals surface area contributed by atoms with Crippen LogP contribution in [0.5, 0.6) is 0 Å². The van der Waals surface area contributed by atoms with Crippen LogP contribution in [0.15, 0.2) is 69.1 Å². The molecule has 35 heavy (non-hydrogen) atoms. The molecule has 10 nitrogen and oxygen atoms in total. The first-order valence-corrected chi connectivity index (χ1v) is 13.6. The lowest BCUT2D eigenvalue weighted by molar-refractivity contribution is -0.380. The number of aromatic nitrogens is 1. The summed E-state index contributed by atoms with van der Waals surface area (Å²) in [6, 6.07) is 13.9. The van der Waals surface area contributed by atoms with Gasteiger partial charge < -0.3 is 0 Å². The minimum absolute atomic E-state index is 0.0461. The van der Waals surface area contributed by atoms with Crippen LogP contribution < -0.4 is 5.01 Å². The molecule has 2 aromatic heterocycles. The van der Waals surface area contributed by atoms with Gasteiger partial charge >= 0.3 is 5.00 Å². The molecule has 180 valence electrons. The average Bonchev–Trinajstić information content (AvgIpc) is 3.46. The van der Waals surface area contributed by atoms with E-state index in [-0.39, 0.29) is 20.6 Å². The van der Waals surface area contributed by atoms with Crippen LogP contribution in [0.4, 0.5) is 10.1 Å². The Kier molecular flexibility index (Phi) is 7.10. The van der Waals surface area contributed by atoms with Crippen LogP contribution in [0.2, 0.25) is 0 Å². The highest BCUT2D eigenvalue weighted by molar-refractivity contribution is 9.10. The van der Waals surface area contributed by atoms with Crippen molar-refractivity contribution in [1.82, 2.24) is 9.29 Å². The molecule has 0 aliphatic carbocycles. The van der Waals surface area contributed by atoms with Gasteiger partial charge in [0, 0.05) is 30.2 Å². The van der Waals surface area contributed by atoms with Crippen molar-refractivity contribution in [2.24, 2.45) is 5.10 Å². The largest absolute Gasteiger partial charge is 0.324 e. The van der Waals surface area contributed by atoms with Crippen LogP contribution in [-0.4, -0.2) is 48.8 Å². The van der Waals surface area contributed by atoms with Crippen molar-refractivity contribution >= 4 is 81.1 Å². The molecule has 0 saturated carbocycles. The summed E-state index contributed by atoms with van der Waals surface area (Å²) in [5.74, 6) is -0.542. The van der Waals surface area contributed by atoms with Crippen LogP contribution in [-0.2, 0) is 10.0 Å². The molecule has 2 heterocycles. The van der Waals surface area contributed by atoms with E-state index in [4.69, 9.17) is 0 Å². The Morgan fingerprint density at radius 1 is 1.11 bits per heavy atom. The maximum atomic E-state index is 13.4. The Labute approximate surface area is 216 Å². The van der Waals surface area contributed by atoms with E-state index < -0.39 is 20.9 Å². The fraction of sp³-hybridized carbons (Fsp3) is 0.0952. The summed E-state index contributed by atoms with van der Waals surface area (Å²) < 4.78 is 27.5. The van der Waals surface area contributed by atoms with E-state index in [1.165, 1.54) is 68.0 Å².